The third kappa shape index (κ3) is 4.77. The van der Waals surface area contributed by atoms with Gasteiger partial charge in [-0.3, -0.25) is 14.8 Å². The van der Waals surface area contributed by atoms with Crippen LogP contribution in [0, 0.1) is 0 Å². The average Bonchev–Trinajstić information content (AvgIpc) is 3.15. The standard InChI is InChI=1S/C21H22F6N4O/c22-20(23,24)12-30-8-7-15-17(11-30)28-29-18(15)19(32)31-9-5-13(6-10-31)14-3-1-2-4-16(14)21(25,26)27/h1-4,13H,5-12H2,(H,28,29). The Morgan fingerprint density at radius 1 is 1.06 bits per heavy atom. The number of amides is 1. The number of rotatable bonds is 3. The summed E-state index contributed by atoms with van der Waals surface area (Å²) in [7, 11) is 0. The molecule has 1 N–H and O–H groups in total. The number of benzene rings is 1. The van der Waals surface area contributed by atoms with Gasteiger partial charge in [-0.25, -0.2) is 0 Å². The van der Waals surface area contributed by atoms with Crippen molar-refractivity contribution >= 4 is 5.91 Å². The van der Waals surface area contributed by atoms with Gasteiger partial charge < -0.3 is 4.90 Å². The molecule has 2 aliphatic heterocycles. The number of nitrogens with one attached hydrogen (secondary N) is 1. The quantitative estimate of drug-likeness (QED) is 0.693. The van der Waals surface area contributed by atoms with Gasteiger partial charge in [0, 0.05) is 31.7 Å². The molecule has 0 unspecified atom stereocenters. The van der Waals surface area contributed by atoms with Crippen LogP contribution in [0.5, 0.6) is 0 Å². The SMILES string of the molecule is O=C(c1n[nH]c2c1CCN(CC(F)(F)F)C2)N1CCC(c2ccccc2C(F)(F)F)CC1. The van der Waals surface area contributed by atoms with Crippen LogP contribution in [0.4, 0.5) is 26.3 Å². The van der Waals surface area contributed by atoms with Gasteiger partial charge in [-0.2, -0.15) is 31.4 Å². The maximum atomic E-state index is 13.3. The molecule has 0 bridgehead atoms. The fraction of sp³-hybridized carbons (Fsp3) is 0.524. The molecule has 1 aromatic heterocycles. The second kappa shape index (κ2) is 8.42. The van der Waals surface area contributed by atoms with Gasteiger partial charge in [0.2, 0.25) is 0 Å². The summed E-state index contributed by atoms with van der Waals surface area (Å²) in [5.41, 5.74) is 0.917. The molecule has 0 radical (unpaired) electrons. The maximum Gasteiger partial charge on any atom is 0.416 e. The fourth-order valence-electron chi connectivity index (χ4n) is 4.59. The van der Waals surface area contributed by atoms with E-state index in [2.05, 4.69) is 10.2 Å². The Bertz CT molecular complexity index is 975. The van der Waals surface area contributed by atoms with E-state index in [-0.39, 0.29) is 55.7 Å². The van der Waals surface area contributed by atoms with Crippen molar-refractivity contribution < 1.29 is 31.1 Å². The number of likely N-dealkylation sites (tertiary alicyclic amines) is 1. The van der Waals surface area contributed by atoms with Gasteiger partial charge in [0.05, 0.1) is 17.8 Å². The first kappa shape index (κ1) is 22.6. The lowest BCUT2D eigenvalue weighted by atomic mass is 9.86. The number of fused-ring (bicyclic) bond motifs is 1. The van der Waals surface area contributed by atoms with Crippen LogP contribution in [-0.2, 0) is 19.1 Å². The van der Waals surface area contributed by atoms with E-state index in [1.54, 1.807) is 11.0 Å². The predicted molar refractivity (Wildman–Crippen MR) is 103 cm³/mol. The normalized spacial score (nSPS) is 18.6. The number of alkyl halides is 6. The molecular formula is C21H22F6N4O. The second-order valence-corrected chi connectivity index (χ2v) is 8.26. The zero-order chi connectivity index (χ0) is 23.1. The number of H-pyrrole nitrogens is 1. The minimum atomic E-state index is -4.43. The number of nitrogens with zero attached hydrogens (tertiary/aromatic N) is 3. The molecule has 1 saturated heterocycles. The number of carbonyl (C=O) groups is 1. The molecule has 1 aromatic carbocycles. The van der Waals surface area contributed by atoms with Crippen LogP contribution in [0.3, 0.4) is 0 Å². The summed E-state index contributed by atoms with van der Waals surface area (Å²) < 4.78 is 77.9. The molecule has 0 atom stereocenters. The molecule has 174 valence electrons. The average molecular weight is 460 g/mol. The molecule has 2 aromatic rings. The Morgan fingerprint density at radius 2 is 1.75 bits per heavy atom. The highest BCUT2D eigenvalue weighted by Gasteiger charge is 2.37. The van der Waals surface area contributed by atoms with Crippen molar-refractivity contribution in [1.82, 2.24) is 20.0 Å². The number of aromatic amines is 1. The van der Waals surface area contributed by atoms with Gasteiger partial charge >= 0.3 is 12.4 Å². The highest BCUT2D eigenvalue weighted by Crippen LogP contribution is 2.39. The number of halogens is 6. The monoisotopic (exact) mass is 460 g/mol. The van der Waals surface area contributed by atoms with Gasteiger partial charge in [-0.1, -0.05) is 18.2 Å². The van der Waals surface area contributed by atoms with E-state index in [1.807, 2.05) is 0 Å². The number of carbonyl (C=O) groups excluding carboxylic acids is 1. The maximum absolute atomic E-state index is 13.3. The van der Waals surface area contributed by atoms with Gasteiger partial charge in [0.25, 0.3) is 5.91 Å². The van der Waals surface area contributed by atoms with Crippen LogP contribution in [0.2, 0.25) is 0 Å². The van der Waals surface area contributed by atoms with Crippen LogP contribution in [-0.4, -0.2) is 58.3 Å². The van der Waals surface area contributed by atoms with Gasteiger partial charge in [-0.05, 0) is 36.8 Å². The minimum absolute atomic E-state index is 0.0332. The van der Waals surface area contributed by atoms with E-state index in [1.165, 1.54) is 17.0 Å². The molecule has 0 spiro atoms. The van der Waals surface area contributed by atoms with Crippen molar-refractivity contribution in [3.8, 4) is 0 Å². The molecule has 3 heterocycles. The molecule has 2 aliphatic rings. The first-order chi connectivity index (χ1) is 15.0. The van der Waals surface area contributed by atoms with Crippen molar-refractivity contribution in [2.75, 3.05) is 26.2 Å². The van der Waals surface area contributed by atoms with Crippen molar-refractivity contribution in [2.45, 2.75) is 44.1 Å². The topological polar surface area (TPSA) is 52.2 Å². The van der Waals surface area contributed by atoms with Gasteiger partial charge in [-0.15, -0.1) is 0 Å². The Balaban J connectivity index is 1.42. The van der Waals surface area contributed by atoms with Crippen LogP contribution < -0.4 is 0 Å². The summed E-state index contributed by atoms with van der Waals surface area (Å²) in [6.07, 6.45) is -7.67. The van der Waals surface area contributed by atoms with E-state index in [9.17, 15) is 31.1 Å². The van der Waals surface area contributed by atoms with Crippen molar-refractivity contribution in [1.29, 1.82) is 0 Å². The first-order valence-electron chi connectivity index (χ1n) is 10.3. The van der Waals surface area contributed by atoms with Gasteiger partial charge in [0.1, 0.15) is 0 Å². The third-order valence-electron chi connectivity index (χ3n) is 6.11. The van der Waals surface area contributed by atoms with Crippen molar-refractivity contribution in [3.63, 3.8) is 0 Å². The van der Waals surface area contributed by atoms with Crippen LogP contribution in [0.1, 0.15) is 51.6 Å². The lowest BCUT2D eigenvalue weighted by Gasteiger charge is -2.33. The van der Waals surface area contributed by atoms with Crippen LogP contribution >= 0.6 is 0 Å². The molecule has 11 heteroatoms. The molecule has 0 aliphatic carbocycles. The highest BCUT2D eigenvalue weighted by atomic mass is 19.4. The van der Waals surface area contributed by atoms with Gasteiger partial charge in [0.15, 0.2) is 5.69 Å². The van der Waals surface area contributed by atoms with E-state index in [0.29, 0.717) is 24.1 Å². The molecule has 1 amide bonds. The molecule has 4 rings (SSSR count). The van der Waals surface area contributed by atoms with Crippen LogP contribution in [0.15, 0.2) is 24.3 Å². The third-order valence-corrected chi connectivity index (χ3v) is 6.11. The van der Waals surface area contributed by atoms with E-state index in [4.69, 9.17) is 0 Å². The molecule has 1 fully saturated rings. The van der Waals surface area contributed by atoms with E-state index >= 15 is 0 Å². The Labute approximate surface area is 180 Å². The lowest BCUT2D eigenvalue weighted by Crippen LogP contribution is -2.40. The predicted octanol–water partition coefficient (Wildman–Crippen LogP) is 4.37. The zero-order valence-corrected chi connectivity index (χ0v) is 17.1. The van der Waals surface area contributed by atoms with Crippen LogP contribution in [0.25, 0.3) is 0 Å². The lowest BCUT2D eigenvalue weighted by molar-refractivity contribution is -0.147. The summed E-state index contributed by atoms with van der Waals surface area (Å²) in [5, 5.41) is 6.74. The highest BCUT2D eigenvalue weighted by molar-refractivity contribution is 5.94. The molecule has 5 nitrogen and oxygen atoms in total. The largest absolute Gasteiger partial charge is 0.416 e. The Morgan fingerprint density at radius 3 is 2.41 bits per heavy atom. The number of hydrogen-bond acceptors (Lipinski definition) is 3. The molecule has 32 heavy (non-hydrogen) atoms. The zero-order valence-electron chi connectivity index (χ0n) is 17.1. The summed E-state index contributed by atoms with van der Waals surface area (Å²) in [6.45, 7) is -0.245. The smallest absolute Gasteiger partial charge is 0.337 e. The molecular weight excluding hydrogens is 438 g/mol. The number of aromatic nitrogens is 2. The Hall–Kier alpha value is -2.56. The number of piperidine rings is 1. The summed E-state index contributed by atoms with van der Waals surface area (Å²) in [4.78, 5) is 15.8. The van der Waals surface area contributed by atoms with Crippen molar-refractivity contribution in [2.24, 2.45) is 0 Å². The van der Waals surface area contributed by atoms with E-state index in [0.717, 1.165) is 6.07 Å². The fourth-order valence-corrected chi connectivity index (χ4v) is 4.59. The second-order valence-electron chi connectivity index (χ2n) is 8.26. The van der Waals surface area contributed by atoms with E-state index < -0.39 is 24.5 Å². The Kier molecular flexibility index (Phi) is 5.95. The summed E-state index contributed by atoms with van der Waals surface area (Å²) in [6, 6.07) is 5.51. The summed E-state index contributed by atoms with van der Waals surface area (Å²) in [5.74, 6) is -0.643. The minimum Gasteiger partial charge on any atom is -0.337 e. The van der Waals surface area contributed by atoms with Crippen molar-refractivity contribution in [3.05, 3.63) is 52.3 Å². The number of hydrogen-bond donors (Lipinski definition) is 1. The summed E-state index contributed by atoms with van der Waals surface area (Å²) >= 11 is 0. The molecule has 0 saturated carbocycles. The first-order valence-corrected chi connectivity index (χ1v) is 10.3.